The highest BCUT2D eigenvalue weighted by Gasteiger charge is 2.26. The number of hydrogen-bond donors (Lipinski definition) is 0. The third-order valence-corrected chi connectivity index (χ3v) is 5.25. The van der Waals surface area contributed by atoms with Crippen molar-refractivity contribution in [3.8, 4) is 17.1 Å². The number of non-ortho nitro benzene ring substituents is 1. The summed E-state index contributed by atoms with van der Waals surface area (Å²) in [5.74, 6) is 2.49. The van der Waals surface area contributed by atoms with Crippen molar-refractivity contribution in [3.63, 3.8) is 0 Å². The zero-order valence-electron chi connectivity index (χ0n) is 15.7. The number of ether oxygens (including phenoxy) is 1. The van der Waals surface area contributed by atoms with Crippen LogP contribution < -0.4 is 4.74 Å². The highest BCUT2D eigenvalue weighted by molar-refractivity contribution is 5.59. The van der Waals surface area contributed by atoms with Crippen molar-refractivity contribution in [1.29, 1.82) is 0 Å². The molecule has 1 aliphatic heterocycles. The summed E-state index contributed by atoms with van der Waals surface area (Å²) in [6.07, 6.45) is 2.29. The fourth-order valence-corrected chi connectivity index (χ4v) is 3.78. The summed E-state index contributed by atoms with van der Waals surface area (Å²) in [6.45, 7) is 1.77. The average molecular weight is 378 g/mol. The van der Waals surface area contributed by atoms with E-state index in [4.69, 9.17) is 9.15 Å². The molecule has 1 saturated heterocycles. The first-order valence-corrected chi connectivity index (χ1v) is 9.35. The first-order chi connectivity index (χ1) is 13.6. The van der Waals surface area contributed by atoms with E-state index in [1.54, 1.807) is 19.2 Å². The minimum absolute atomic E-state index is 0.0786. The summed E-state index contributed by atoms with van der Waals surface area (Å²) in [4.78, 5) is 12.8. The molecule has 0 aliphatic carbocycles. The lowest BCUT2D eigenvalue weighted by atomic mass is 10.0. The van der Waals surface area contributed by atoms with Gasteiger partial charge in [-0.05, 0) is 61.3 Å². The van der Waals surface area contributed by atoms with E-state index >= 15 is 0 Å². The number of methoxy groups -OCH3 is 1. The lowest BCUT2D eigenvalue weighted by Gasteiger charge is -2.24. The zero-order valence-corrected chi connectivity index (χ0v) is 15.7. The number of benzene rings is 2. The van der Waals surface area contributed by atoms with Gasteiger partial charge in [0.2, 0.25) is 0 Å². The Kier molecular flexibility index (Phi) is 5.12. The van der Waals surface area contributed by atoms with Crippen molar-refractivity contribution >= 4 is 5.69 Å². The van der Waals surface area contributed by atoms with Gasteiger partial charge in [0, 0.05) is 23.7 Å². The molecule has 0 radical (unpaired) electrons. The zero-order chi connectivity index (χ0) is 19.5. The lowest BCUT2D eigenvalue weighted by molar-refractivity contribution is -0.384. The van der Waals surface area contributed by atoms with Gasteiger partial charge < -0.3 is 9.15 Å². The van der Waals surface area contributed by atoms with Crippen LogP contribution in [-0.2, 0) is 6.54 Å². The van der Waals surface area contributed by atoms with Gasteiger partial charge in [-0.2, -0.15) is 0 Å². The van der Waals surface area contributed by atoms with E-state index in [0.717, 1.165) is 48.8 Å². The van der Waals surface area contributed by atoms with Crippen LogP contribution in [0.15, 0.2) is 65.1 Å². The van der Waals surface area contributed by atoms with Gasteiger partial charge in [0.1, 0.15) is 17.3 Å². The van der Waals surface area contributed by atoms with E-state index in [1.165, 1.54) is 17.7 Å². The Hall–Kier alpha value is -3.12. The fraction of sp³-hybridized carbons (Fsp3) is 0.273. The standard InChI is InChI=1S/C22H22N2O4/c1-27-19-10-6-16(7-11-19)21-3-2-14-23(21)15-20-12-13-22(28-20)17-4-8-18(9-5-17)24(25)26/h4-13,21H,2-3,14-15H2,1H3. The molecular formula is C22H22N2O4. The van der Waals surface area contributed by atoms with Crippen molar-refractivity contribution in [2.24, 2.45) is 0 Å². The van der Waals surface area contributed by atoms with E-state index in [1.807, 2.05) is 24.3 Å². The molecule has 4 rings (SSSR count). The molecule has 1 aliphatic rings. The number of rotatable bonds is 6. The largest absolute Gasteiger partial charge is 0.497 e. The minimum atomic E-state index is -0.399. The highest BCUT2D eigenvalue weighted by atomic mass is 16.6. The molecule has 6 nitrogen and oxygen atoms in total. The molecule has 0 bridgehead atoms. The summed E-state index contributed by atoms with van der Waals surface area (Å²) in [6, 6.07) is 19.0. The molecule has 28 heavy (non-hydrogen) atoms. The maximum atomic E-state index is 10.8. The number of likely N-dealkylation sites (tertiary alicyclic amines) is 1. The molecule has 1 unspecified atom stereocenters. The maximum Gasteiger partial charge on any atom is 0.269 e. The molecule has 0 saturated carbocycles. The average Bonchev–Trinajstić information content (AvgIpc) is 3.38. The van der Waals surface area contributed by atoms with Crippen molar-refractivity contribution in [2.45, 2.75) is 25.4 Å². The maximum absolute atomic E-state index is 10.8. The summed E-state index contributed by atoms with van der Waals surface area (Å²) in [5.41, 5.74) is 2.21. The fourth-order valence-electron chi connectivity index (χ4n) is 3.78. The number of nitro benzene ring substituents is 1. The number of nitro groups is 1. The van der Waals surface area contributed by atoms with Crippen LogP contribution in [0.3, 0.4) is 0 Å². The Morgan fingerprint density at radius 1 is 1.11 bits per heavy atom. The van der Waals surface area contributed by atoms with Gasteiger partial charge in [-0.15, -0.1) is 0 Å². The van der Waals surface area contributed by atoms with E-state index in [2.05, 4.69) is 17.0 Å². The SMILES string of the molecule is COc1ccc(C2CCCN2Cc2ccc(-c3ccc([N+](=O)[O-])cc3)o2)cc1. The van der Waals surface area contributed by atoms with Crippen molar-refractivity contribution in [1.82, 2.24) is 4.90 Å². The lowest BCUT2D eigenvalue weighted by Crippen LogP contribution is -2.22. The second kappa shape index (κ2) is 7.86. The summed E-state index contributed by atoms with van der Waals surface area (Å²) < 4.78 is 11.3. The van der Waals surface area contributed by atoms with Crippen molar-refractivity contribution in [3.05, 3.63) is 82.1 Å². The van der Waals surface area contributed by atoms with E-state index in [0.29, 0.717) is 6.04 Å². The number of hydrogen-bond acceptors (Lipinski definition) is 5. The van der Waals surface area contributed by atoms with Gasteiger partial charge in [-0.25, -0.2) is 0 Å². The Morgan fingerprint density at radius 2 is 1.86 bits per heavy atom. The quantitative estimate of drug-likeness (QED) is 0.435. The number of furan rings is 1. The highest BCUT2D eigenvalue weighted by Crippen LogP contribution is 2.34. The van der Waals surface area contributed by atoms with E-state index in [9.17, 15) is 10.1 Å². The van der Waals surface area contributed by atoms with Gasteiger partial charge in [0.05, 0.1) is 18.6 Å². The van der Waals surface area contributed by atoms with Crippen molar-refractivity contribution in [2.75, 3.05) is 13.7 Å². The second-order valence-corrected chi connectivity index (χ2v) is 6.97. The van der Waals surface area contributed by atoms with E-state index in [-0.39, 0.29) is 5.69 Å². The van der Waals surface area contributed by atoms with Crippen LogP contribution in [0.5, 0.6) is 5.75 Å². The van der Waals surface area contributed by atoms with Gasteiger partial charge in [-0.3, -0.25) is 15.0 Å². The van der Waals surface area contributed by atoms with Gasteiger partial charge in [0.25, 0.3) is 5.69 Å². The number of nitrogens with zero attached hydrogens (tertiary/aromatic N) is 2. The molecular weight excluding hydrogens is 356 g/mol. The van der Waals surface area contributed by atoms with Crippen molar-refractivity contribution < 1.29 is 14.1 Å². The van der Waals surface area contributed by atoms with Crippen LogP contribution in [-0.4, -0.2) is 23.5 Å². The normalized spacial score (nSPS) is 17.0. The minimum Gasteiger partial charge on any atom is -0.497 e. The molecule has 0 spiro atoms. The third kappa shape index (κ3) is 3.77. The predicted molar refractivity (Wildman–Crippen MR) is 106 cm³/mol. The predicted octanol–water partition coefficient (Wildman–Crippen LogP) is 5.20. The van der Waals surface area contributed by atoms with Gasteiger partial charge in [-0.1, -0.05) is 12.1 Å². The molecule has 1 atom stereocenters. The van der Waals surface area contributed by atoms with Crippen LogP contribution in [0.2, 0.25) is 0 Å². The molecule has 0 N–H and O–H groups in total. The first-order valence-electron chi connectivity index (χ1n) is 9.35. The molecule has 2 heterocycles. The molecule has 144 valence electrons. The van der Waals surface area contributed by atoms with Crippen LogP contribution in [0.4, 0.5) is 5.69 Å². The molecule has 0 amide bonds. The molecule has 3 aromatic rings. The topological polar surface area (TPSA) is 68.8 Å². The molecule has 1 aromatic heterocycles. The molecule has 6 heteroatoms. The smallest absolute Gasteiger partial charge is 0.269 e. The summed E-state index contributed by atoms with van der Waals surface area (Å²) >= 11 is 0. The third-order valence-electron chi connectivity index (χ3n) is 5.25. The van der Waals surface area contributed by atoms with Crippen LogP contribution in [0, 0.1) is 10.1 Å². The molecule has 2 aromatic carbocycles. The summed E-state index contributed by atoms with van der Waals surface area (Å²) in [5, 5.41) is 10.8. The second-order valence-electron chi connectivity index (χ2n) is 6.97. The van der Waals surface area contributed by atoms with Crippen LogP contribution in [0.1, 0.15) is 30.2 Å². The Labute approximate surface area is 163 Å². The molecule has 1 fully saturated rings. The van der Waals surface area contributed by atoms with Crippen LogP contribution >= 0.6 is 0 Å². The van der Waals surface area contributed by atoms with Crippen LogP contribution in [0.25, 0.3) is 11.3 Å². The van der Waals surface area contributed by atoms with E-state index < -0.39 is 4.92 Å². The van der Waals surface area contributed by atoms with Gasteiger partial charge >= 0.3 is 0 Å². The monoisotopic (exact) mass is 378 g/mol. The van der Waals surface area contributed by atoms with Gasteiger partial charge in [0.15, 0.2) is 0 Å². The Morgan fingerprint density at radius 3 is 2.54 bits per heavy atom. The Bertz CT molecular complexity index is 947. The summed E-state index contributed by atoms with van der Waals surface area (Å²) in [7, 11) is 1.68. The first kappa shape index (κ1) is 18.3. The Balaban J connectivity index is 1.47.